The topological polar surface area (TPSA) is 29.3 Å². The molecule has 2 aromatic rings. The highest BCUT2D eigenvalue weighted by Crippen LogP contribution is 2.24. The molecule has 0 fully saturated rings. The fraction of sp³-hybridized carbons (Fsp3) is 0.500. The van der Waals surface area contributed by atoms with Gasteiger partial charge in [0.25, 0.3) is 0 Å². The van der Waals surface area contributed by atoms with Crippen LogP contribution in [0.1, 0.15) is 32.4 Å². The molecule has 0 saturated heterocycles. The summed E-state index contributed by atoms with van der Waals surface area (Å²) >= 11 is 1.88. The van der Waals surface area contributed by atoms with Gasteiger partial charge in [0.05, 0.1) is 5.69 Å². The van der Waals surface area contributed by atoms with E-state index < -0.39 is 0 Å². The highest BCUT2D eigenvalue weighted by Gasteiger charge is 2.11. The van der Waals surface area contributed by atoms with Crippen LogP contribution in [0.2, 0.25) is 0 Å². The molecule has 98 valence electrons. The van der Waals surface area contributed by atoms with Gasteiger partial charge in [0.1, 0.15) is 10.7 Å². The fourth-order valence-electron chi connectivity index (χ4n) is 1.86. The van der Waals surface area contributed by atoms with Crippen LogP contribution in [0.25, 0.3) is 5.65 Å². The van der Waals surface area contributed by atoms with Gasteiger partial charge in [0.15, 0.2) is 0 Å². The van der Waals surface area contributed by atoms with Crippen LogP contribution in [0.3, 0.4) is 0 Å². The number of unbranched alkanes of at least 4 members (excludes halogenated alkanes) is 1. The van der Waals surface area contributed by atoms with Crippen LogP contribution in [0.4, 0.5) is 0 Å². The summed E-state index contributed by atoms with van der Waals surface area (Å²) in [5.41, 5.74) is 2.33. The van der Waals surface area contributed by atoms with Gasteiger partial charge in [-0.1, -0.05) is 26.3 Å². The van der Waals surface area contributed by atoms with Crippen molar-refractivity contribution in [3.05, 3.63) is 30.1 Å². The Morgan fingerprint density at radius 1 is 1.33 bits per heavy atom. The molecule has 0 amide bonds. The normalized spacial score (nSPS) is 11.2. The second kappa shape index (κ2) is 6.81. The van der Waals surface area contributed by atoms with Crippen LogP contribution in [-0.4, -0.2) is 21.7 Å². The second-order valence-electron chi connectivity index (χ2n) is 4.27. The highest BCUT2D eigenvalue weighted by atomic mass is 32.2. The Labute approximate surface area is 113 Å². The van der Waals surface area contributed by atoms with E-state index in [0.717, 1.165) is 24.5 Å². The Hall–Kier alpha value is -1.00. The Bertz CT molecular complexity index is 493. The molecule has 0 saturated carbocycles. The van der Waals surface area contributed by atoms with Crippen molar-refractivity contribution in [2.75, 3.05) is 12.3 Å². The van der Waals surface area contributed by atoms with E-state index >= 15 is 0 Å². The second-order valence-corrected chi connectivity index (χ2v) is 5.36. The lowest BCUT2D eigenvalue weighted by molar-refractivity contribution is 0.694. The van der Waals surface area contributed by atoms with Crippen molar-refractivity contribution in [2.24, 2.45) is 0 Å². The number of rotatable bonds is 7. The van der Waals surface area contributed by atoms with E-state index in [-0.39, 0.29) is 0 Å². The number of hydrogen-bond acceptors (Lipinski definition) is 3. The molecule has 0 aliphatic rings. The van der Waals surface area contributed by atoms with Crippen molar-refractivity contribution in [3.8, 4) is 0 Å². The molecule has 3 nitrogen and oxygen atoms in total. The molecule has 0 bridgehead atoms. The monoisotopic (exact) mass is 263 g/mol. The van der Waals surface area contributed by atoms with E-state index in [2.05, 4.69) is 41.9 Å². The number of imidazole rings is 1. The lowest BCUT2D eigenvalue weighted by atomic mass is 10.4. The molecule has 0 spiro atoms. The van der Waals surface area contributed by atoms with Crippen molar-refractivity contribution in [3.63, 3.8) is 0 Å². The average molecular weight is 263 g/mol. The number of nitrogens with one attached hydrogen (secondary N) is 1. The minimum atomic E-state index is 0.885. The molecular formula is C14H21N3S. The average Bonchev–Trinajstić information content (AvgIpc) is 2.74. The summed E-state index contributed by atoms with van der Waals surface area (Å²) in [4.78, 5) is 4.72. The quantitative estimate of drug-likeness (QED) is 0.613. The number of aromatic nitrogens is 2. The summed E-state index contributed by atoms with van der Waals surface area (Å²) in [7, 11) is 0. The van der Waals surface area contributed by atoms with Crippen molar-refractivity contribution in [1.29, 1.82) is 0 Å². The maximum Gasteiger partial charge on any atom is 0.138 e. The van der Waals surface area contributed by atoms with Gasteiger partial charge in [-0.2, -0.15) is 0 Å². The van der Waals surface area contributed by atoms with E-state index in [1.165, 1.54) is 23.6 Å². The molecule has 1 N–H and O–H groups in total. The van der Waals surface area contributed by atoms with Crippen LogP contribution in [0, 0.1) is 0 Å². The number of thioether (sulfide) groups is 1. The van der Waals surface area contributed by atoms with Gasteiger partial charge in [-0.25, -0.2) is 4.98 Å². The molecule has 0 aromatic carbocycles. The number of fused-ring (bicyclic) bond motifs is 1. The van der Waals surface area contributed by atoms with Crippen LogP contribution in [0.5, 0.6) is 0 Å². The Kier molecular flexibility index (Phi) is 5.08. The lowest BCUT2D eigenvalue weighted by Gasteiger charge is -2.05. The van der Waals surface area contributed by atoms with Crippen LogP contribution in [-0.2, 0) is 6.54 Å². The third-order valence-electron chi connectivity index (χ3n) is 2.87. The summed E-state index contributed by atoms with van der Waals surface area (Å²) in [6, 6.07) is 6.17. The number of pyridine rings is 1. The Balaban J connectivity index is 2.25. The van der Waals surface area contributed by atoms with Gasteiger partial charge in [-0.15, -0.1) is 11.8 Å². The largest absolute Gasteiger partial charge is 0.311 e. The lowest BCUT2D eigenvalue weighted by Crippen LogP contribution is -2.14. The van der Waals surface area contributed by atoms with Crippen molar-refractivity contribution < 1.29 is 0 Å². The zero-order chi connectivity index (χ0) is 12.8. The summed E-state index contributed by atoms with van der Waals surface area (Å²) in [6.45, 7) is 6.23. The summed E-state index contributed by atoms with van der Waals surface area (Å²) in [5.74, 6) is 1.15. The molecule has 0 atom stereocenters. The minimum Gasteiger partial charge on any atom is -0.311 e. The smallest absolute Gasteiger partial charge is 0.138 e. The van der Waals surface area contributed by atoms with Gasteiger partial charge in [-0.05, 0) is 30.9 Å². The summed E-state index contributed by atoms with van der Waals surface area (Å²) in [6.07, 6.45) is 4.58. The molecule has 0 radical (unpaired) electrons. The van der Waals surface area contributed by atoms with Crippen molar-refractivity contribution in [2.45, 2.75) is 38.3 Å². The Morgan fingerprint density at radius 2 is 2.22 bits per heavy atom. The molecule has 2 rings (SSSR count). The van der Waals surface area contributed by atoms with Crippen LogP contribution in [0.15, 0.2) is 29.4 Å². The third kappa shape index (κ3) is 3.06. The first-order valence-electron chi connectivity index (χ1n) is 6.66. The molecule has 0 unspecified atom stereocenters. The molecule has 0 aliphatic heterocycles. The van der Waals surface area contributed by atoms with Gasteiger partial charge in [0, 0.05) is 12.7 Å². The molecular weight excluding hydrogens is 242 g/mol. The first-order chi connectivity index (χ1) is 8.86. The molecule has 2 aromatic heterocycles. The highest BCUT2D eigenvalue weighted by molar-refractivity contribution is 7.99. The zero-order valence-electron chi connectivity index (χ0n) is 11.1. The van der Waals surface area contributed by atoms with Crippen molar-refractivity contribution in [1.82, 2.24) is 14.7 Å². The first kappa shape index (κ1) is 13.4. The third-order valence-corrected chi connectivity index (χ3v) is 3.96. The summed E-state index contributed by atoms with van der Waals surface area (Å²) in [5, 5.41) is 4.58. The van der Waals surface area contributed by atoms with Gasteiger partial charge in [-0.3, -0.25) is 0 Å². The maximum atomic E-state index is 4.72. The minimum absolute atomic E-state index is 0.885. The van der Waals surface area contributed by atoms with E-state index in [1.54, 1.807) is 0 Å². The van der Waals surface area contributed by atoms with E-state index in [4.69, 9.17) is 4.98 Å². The maximum absolute atomic E-state index is 4.72. The van der Waals surface area contributed by atoms with E-state index in [0.29, 0.717) is 0 Å². The zero-order valence-corrected chi connectivity index (χ0v) is 12.0. The first-order valence-corrected chi connectivity index (χ1v) is 7.64. The SMILES string of the molecule is CCCCSc1nc2ccccn2c1CNCC. The van der Waals surface area contributed by atoms with Gasteiger partial charge in [0.2, 0.25) is 0 Å². The predicted molar refractivity (Wildman–Crippen MR) is 78.2 cm³/mol. The standard InChI is InChI=1S/C14H21N3S/c1-3-5-10-18-14-12(11-15-4-2)17-9-7-6-8-13(17)16-14/h6-9,15H,3-5,10-11H2,1-2H3. The van der Waals surface area contributed by atoms with E-state index in [1.807, 2.05) is 17.8 Å². The number of hydrogen-bond donors (Lipinski definition) is 1. The number of nitrogens with zero attached hydrogens (tertiary/aromatic N) is 2. The Morgan fingerprint density at radius 3 is 3.00 bits per heavy atom. The molecule has 4 heteroatoms. The van der Waals surface area contributed by atoms with E-state index in [9.17, 15) is 0 Å². The van der Waals surface area contributed by atoms with Crippen molar-refractivity contribution >= 4 is 17.4 Å². The molecule has 0 aliphatic carbocycles. The van der Waals surface area contributed by atoms with Crippen LogP contribution < -0.4 is 5.32 Å². The summed E-state index contributed by atoms with van der Waals surface area (Å²) < 4.78 is 2.19. The fourth-order valence-corrected chi connectivity index (χ4v) is 2.98. The van der Waals surface area contributed by atoms with Gasteiger partial charge < -0.3 is 9.72 Å². The predicted octanol–water partition coefficient (Wildman–Crippen LogP) is 3.34. The van der Waals surface area contributed by atoms with Gasteiger partial charge >= 0.3 is 0 Å². The van der Waals surface area contributed by atoms with Crippen LogP contribution >= 0.6 is 11.8 Å². The molecule has 2 heterocycles. The molecule has 18 heavy (non-hydrogen) atoms.